The number of halogens is 3. The molecule has 9 heteroatoms. The standard InChI is InChI=1S/C25H26F3N3O2S/c26-25(27,28)18-8-5-7-17(15-18)20(16-31-14-6-13-24(31)33)29-22(32)11-3-4-12-23-30-19-9-1-2-10-21(19)34-23/h1-2,5,7-10,15,20H,3-4,6,11-14,16H2,(H,29,32). The number of aromatic nitrogens is 1. The predicted octanol–water partition coefficient (Wildman–Crippen LogP) is 5.51. The summed E-state index contributed by atoms with van der Waals surface area (Å²) in [4.78, 5) is 31.0. The largest absolute Gasteiger partial charge is 0.416 e. The van der Waals surface area contributed by atoms with E-state index in [1.165, 1.54) is 6.07 Å². The van der Waals surface area contributed by atoms with Crippen molar-refractivity contribution in [1.29, 1.82) is 0 Å². The number of thiazole rings is 1. The second-order valence-corrected chi connectivity index (χ2v) is 9.58. The molecular weight excluding hydrogens is 463 g/mol. The Morgan fingerprint density at radius 1 is 1.15 bits per heavy atom. The molecule has 4 rings (SSSR count). The summed E-state index contributed by atoms with van der Waals surface area (Å²) < 4.78 is 40.8. The van der Waals surface area contributed by atoms with Gasteiger partial charge in [0.1, 0.15) is 0 Å². The van der Waals surface area contributed by atoms with Crippen molar-refractivity contribution in [2.24, 2.45) is 0 Å². The Balaban J connectivity index is 1.36. The summed E-state index contributed by atoms with van der Waals surface area (Å²) >= 11 is 1.64. The molecule has 180 valence electrons. The number of hydrogen-bond donors (Lipinski definition) is 1. The Labute approximate surface area is 200 Å². The topological polar surface area (TPSA) is 62.3 Å². The van der Waals surface area contributed by atoms with Crippen LogP contribution in [0.25, 0.3) is 10.2 Å². The van der Waals surface area contributed by atoms with Gasteiger partial charge in [-0.15, -0.1) is 11.3 Å². The van der Waals surface area contributed by atoms with Crippen LogP contribution in [0.5, 0.6) is 0 Å². The summed E-state index contributed by atoms with van der Waals surface area (Å²) in [7, 11) is 0. The SMILES string of the molecule is O=C(CCCCc1nc2ccccc2s1)NC(CN1CCCC1=O)c1cccc(C(F)(F)F)c1. The number of nitrogens with one attached hydrogen (secondary N) is 1. The third-order valence-corrected chi connectivity index (χ3v) is 7.00. The summed E-state index contributed by atoms with van der Waals surface area (Å²) in [6.07, 6.45) is -0.885. The van der Waals surface area contributed by atoms with E-state index in [1.54, 1.807) is 22.3 Å². The van der Waals surface area contributed by atoms with Crippen molar-refractivity contribution in [1.82, 2.24) is 15.2 Å². The van der Waals surface area contributed by atoms with Gasteiger partial charge in [-0.05, 0) is 55.5 Å². The molecule has 1 aliphatic rings. The molecule has 1 saturated heterocycles. The van der Waals surface area contributed by atoms with E-state index in [2.05, 4.69) is 10.3 Å². The van der Waals surface area contributed by atoms with Gasteiger partial charge >= 0.3 is 6.18 Å². The molecular formula is C25H26F3N3O2S. The van der Waals surface area contributed by atoms with E-state index in [0.717, 1.165) is 40.2 Å². The number of aryl methyl sites for hydroxylation is 1. The number of nitrogens with zero attached hydrogens (tertiary/aromatic N) is 2. The third kappa shape index (κ3) is 6.14. The van der Waals surface area contributed by atoms with Crippen LogP contribution in [-0.2, 0) is 22.2 Å². The molecule has 1 unspecified atom stereocenters. The second kappa shape index (κ2) is 10.5. The smallest absolute Gasteiger partial charge is 0.348 e. The monoisotopic (exact) mass is 489 g/mol. The number of rotatable bonds is 9. The van der Waals surface area contributed by atoms with E-state index in [-0.39, 0.29) is 24.8 Å². The van der Waals surface area contributed by atoms with Gasteiger partial charge in [0.25, 0.3) is 0 Å². The fourth-order valence-corrected chi connectivity index (χ4v) is 5.15. The molecule has 3 aromatic rings. The van der Waals surface area contributed by atoms with Gasteiger partial charge in [-0.2, -0.15) is 13.2 Å². The van der Waals surface area contributed by atoms with Gasteiger partial charge in [0.05, 0.1) is 26.8 Å². The Morgan fingerprint density at radius 3 is 2.71 bits per heavy atom. The minimum atomic E-state index is -4.48. The quantitative estimate of drug-likeness (QED) is 0.403. The Kier molecular flexibility index (Phi) is 7.50. The lowest BCUT2D eigenvalue weighted by Crippen LogP contribution is -2.38. The van der Waals surface area contributed by atoms with Crippen LogP contribution in [0.1, 0.15) is 54.3 Å². The van der Waals surface area contributed by atoms with Gasteiger partial charge in [-0.3, -0.25) is 9.59 Å². The second-order valence-electron chi connectivity index (χ2n) is 8.47. The van der Waals surface area contributed by atoms with Crippen LogP contribution in [0, 0.1) is 0 Å². The maximum atomic E-state index is 13.2. The summed E-state index contributed by atoms with van der Waals surface area (Å²) in [5.41, 5.74) is 0.547. The lowest BCUT2D eigenvalue weighted by atomic mass is 10.0. The van der Waals surface area contributed by atoms with Gasteiger partial charge < -0.3 is 10.2 Å². The van der Waals surface area contributed by atoms with Crippen molar-refractivity contribution in [3.63, 3.8) is 0 Å². The first-order valence-corrected chi connectivity index (χ1v) is 12.2. The number of carbonyl (C=O) groups is 2. The van der Waals surface area contributed by atoms with E-state index in [1.807, 2.05) is 24.3 Å². The zero-order valence-corrected chi connectivity index (χ0v) is 19.4. The van der Waals surface area contributed by atoms with Gasteiger partial charge in [0.2, 0.25) is 11.8 Å². The molecule has 0 bridgehead atoms. The van der Waals surface area contributed by atoms with Crippen LogP contribution >= 0.6 is 11.3 Å². The van der Waals surface area contributed by atoms with Crippen molar-refractivity contribution in [2.75, 3.05) is 13.1 Å². The number of alkyl halides is 3. The lowest BCUT2D eigenvalue weighted by Gasteiger charge is -2.26. The first-order valence-electron chi connectivity index (χ1n) is 11.4. The Hall–Kier alpha value is -2.94. The van der Waals surface area contributed by atoms with Gasteiger partial charge in [-0.25, -0.2) is 4.98 Å². The van der Waals surface area contributed by atoms with Crippen LogP contribution < -0.4 is 5.32 Å². The van der Waals surface area contributed by atoms with E-state index >= 15 is 0 Å². The predicted molar refractivity (Wildman–Crippen MR) is 125 cm³/mol. The van der Waals surface area contributed by atoms with Crippen molar-refractivity contribution in [3.8, 4) is 0 Å². The lowest BCUT2D eigenvalue weighted by molar-refractivity contribution is -0.137. The van der Waals surface area contributed by atoms with E-state index < -0.39 is 17.8 Å². The van der Waals surface area contributed by atoms with Crippen molar-refractivity contribution >= 4 is 33.4 Å². The molecule has 0 aliphatic carbocycles. The Morgan fingerprint density at radius 2 is 1.97 bits per heavy atom. The van der Waals surface area contributed by atoms with Crippen molar-refractivity contribution < 1.29 is 22.8 Å². The molecule has 2 heterocycles. The molecule has 5 nitrogen and oxygen atoms in total. The Bertz CT molecular complexity index is 1130. The highest BCUT2D eigenvalue weighted by Gasteiger charge is 2.32. The van der Waals surface area contributed by atoms with Crippen LogP contribution in [0.15, 0.2) is 48.5 Å². The van der Waals surface area contributed by atoms with Crippen LogP contribution in [0.3, 0.4) is 0 Å². The highest BCUT2D eigenvalue weighted by Crippen LogP contribution is 2.31. The average Bonchev–Trinajstić information content (AvgIpc) is 3.41. The van der Waals surface area contributed by atoms with Crippen molar-refractivity contribution in [2.45, 2.75) is 50.7 Å². The number of benzene rings is 2. The molecule has 1 fully saturated rings. The zero-order chi connectivity index (χ0) is 24.1. The average molecular weight is 490 g/mol. The first-order chi connectivity index (χ1) is 16.3. The van der Waals surface area contributed by atoms with Crippen LogP contribution in [0.2, 0.25) is 0 Å². The van der Waals surface area contributed by atoms with Crippen LogP contribution in [-0.4, -0.2) is 34.8 Å². The number of hydrogen-bond acceptors (Lipinski definition) is 4. The minimum Gasteiger partial charge on any atom is -0.348 e. The molecule has 0 spiro atoms. The maximum Gasteiger partial charge on any atom is 0.416 e. The molecule has 1 aromatic heterocycles. The molecule has 34 heavy (non-hydrogen) atoms. The zero-order valence-electron chi connectivity index (χ0n) is 18.6. The van der Waals surface area contributed by atoms with Gasteiger partial charge in [0, 0.05) is 25.9 Å². The van der Waals surface area contributed by atoms with Crippen molar-refractivity contribution in [3.05, 3.63) is 64.7 Å². The fourth-order valence-electron chi connectivity index (χ4n) is 4.14. The third-order valence-electron chi connectivity index (χ3n) is 5.91. The number of unbranched alkanes of at least 4 members (excludes halogenated alkanes) is 1. The maximum absolute atomic E-state index is 13.2. The van der Waals surface area contributed by atoms with E-state index in [4.69, 9.17) is 0 Å². The molecule has 0 saturated carbocycles. The highest BCUT2D eigenvalue weighted by molar-refractivity contribution is 7.18. The number of para-hydroxylation sites is 1. The van der Waals surface area contributed by atoms with Gasteiger partial charge in [-0.1, -0.05) is 24.3 Å². The fraction of sp³-hybridized carbons (Fsp3) is 0.400. The molecule has 2 amide bonds. The first kappa shape index (κ1) is 24.2. The van der Waals surface area contributed by atoms with E-state index in [0.29, 0.717) is 31.4 Å². The summed E-state index contributed by atoms with van der Waals surface area (Å²) in [5, 5.41) is 3.89. The molecule has 0 radical (unpaired) electrons. The van der Waals surface area contributed by atoms with Gasteiger partial charge in [0.15, 0.2) is 0 Å². The molecule has 1 atom stereocenters. The molecule has 2 aromatic carbocycles. The normalized spacial score (nSPS) is 15.1. The van der Waals surface area contributed by atoms with Crippen LogP contribution in [0.4, 0.5) is 13.2 Å². The number of amides is 2. The minimum absolute atomic E-state index is 0.0398. The highest BCUT2D eigenvalue weighted by atomic mass is 32.1. The molecule has 1 N–H and O–H groups in total. The number of likely N-dealkylation sites (tertiary alicyclic amines) is 1. The molecule has 1 aliphatic heterocycles. The summed E-state index contributed by atoms with van der Waals surface area (Å²) in [6, 6.07) is 12.2. The summed E-state index contributed by atoms with van der Waals surface area (Å²) in [6.45, 7) is 0.712. The number of fused-ring (bicyclic) bond motifs is 1. The summed E-state index contributed by atoms with van der Waals surface area (Å²) in [5.74, 6) is -0.277. The van der Waals surface area contributed by atoms with E-state index in [9.17, 15) is 22.8 Å². The number of carbonyl (C=O) groups excluding carboxylic acids is 2.